The Morgan fingerprint density at radius 3 is 1.88 bits per heavy atom. The summed E-state index contributed by atoms with van der Waals surface area (Å²) in [5.74, 6) is -1.46. The molecule has 40 heavy (non-hydrogen) atoms. The van der Waals surface area contributed by atoms with Gasteiger partial charge in [-0.1, -0.05) is 52.0 Å². The van der Waals surface area contributed by atoms with E-state index in [9.17, 15) is 18.7 Å². The van der Waals surface area contributed by atoms with Crippen LogP contribution in [0.1, 0.15) is 62.9 Å². The first-order valence-corrected chi connectivity index (χ1v) is 13.7. The second-order valence-electron chi connectivity index (χ2n) is 12.6. The van der Waals surface area contributed by atoms with Crippen LogP contribution in [0, 0.1) is 22.5 Å². The Morgan fingerprint density at radius 1 is 0.900 bits per heavy atom. The smallest absolute Gasteiger partial charge is 0.413 e. The first kappa shape index (κ1) is 29.0. The summed E-state index contributed by atoms with van der Waals surface area (Å²) in [6.45, 7) is 11.2. The van der Waals surface area contributed by atoms with Gasteiger partial charge < -0.3 is 28.7 Å². The summed E-state index contributed by atoms with van der Waals surface area (Å²) < 4.78 is 51.7. The molecule has 3 fully saturated rings. The zero-order valence-electron chi connectivity index (χ0n) is 23.4. The third kappa shape index (κ3) is 5.90. The predicted molar refractivity (Wildman–Crippen MR) is 150 cm³/mol. The first-order chi connectivity index (χ1) is 18.9. The van der Waals surface area contributed by atoms with Crippen LogP contribution in [0.25, 0.3) is 22.0 Å². The van der Waals surface area contributed by atoms with Crippen molar-refractivity contribution in [3.8, 4) is 11.1 Å². The topological polar surface area (TPSA) is 90.0 Å². The minimum atomic E-state index is -0.815. The summed E-state index contributed by atoms with van der Waals surface area (Å²) >= 11 is 0. The summed E-state index contributed by atoms with van der Waals surface area (Å²) in [5, 5.41) is 10.4. The first-order valence-electron chi connectivity index (χ1n) is 13.7. The zero-order valence-corrected chi connectivity index (χ0v) is 23.4. The van der Waals surface area contributed by atoms with Crippen LogP contribution in [0.4, 0.5) is 8.78 Å². The molecule has 3 heterocycles. The summed E-state index contributed by atoms with van der Waals surface area (Å²) in [6.07, 6.45) is 4.28. The number of aldehydes is 1. The summed E-state index contributed by atoms with van der Waals surface area (Å²) in [7, 11) is -0.742. The number of hydrogen-bond donors (Lipinski definition) is 2. The maximum absolute atomic E-state index is 14.8. The van der Waals surface area contributed by atoms with Crippen molar-refractivity contribution in [3.05, 3.63) is 59.3 Å². The standard InChI is InChI=1S/C19H15F2NO2.C10H20B2O4/c20-14-8-15-17(12(10-23)9-22-15)18(21)16(14)11-2-4-13(5-3-11)19(24)6-1-7-19;1-9(2)5-13-11(14-6-9)12-15-7-10(3,4)8-16-12/h2-5,8-10,22,24H,1,6-7H2;5-8H2,1-4H3. The minimum Gasteiger partial charge on any atom is -0.413 e. The summed E-state index contributed by atoms with van der Waals surface area (Å²) in [6, 6.07) is 7.80. The number of carbonyl (C=O) groups excluding carboxylic acids is 1. The minimum absolute atomic E-state index is 0.0862. The van der Waals surface area contributed by atoms with E-state index >= 15 is 0 Å². The number of aliphatic hydroxyl groups is 1. The van der Waals surface area contributed by atoms with Crippen LogP contribution in [0.5, 0.6) is 0 Å². The van der Waals surface area contributed by atoms with Crippen LogP contribution in [-0.2, 0) is 24.2 Å². The number of carbonyl (C=O) groups is 1. The maximum Gasteiger partial charge on any atom is 0.488 e. The third-order valence-corrected chi connectivity index (χ3v) is 7.68. The molecular weight excluding hydrogens is 518 g/mol. The number of fused-ring (bicyclic) bond motifs is 1. The average molecular weight is 553 g/mol. The molecule has 2 aromatic carbocycles. The largest absolute Gasteiger partial charge is 0.488 e. The van der Waals surface area contributed by atoms with Gasteiger partial charge in [0.25, 0.3) is 0 Å². The fourth-order valence-electron chi connectivity index (χ4n) is 5.07. The highest BCUT2D eigenvalue weighted by atomic mass is 19.1. The van der Waals surface area contributed by atoms with E-state index in [-0.39, 0.29) is 46.9 Å². The molecule has 0 radical (unpaired) electrons. The second-order valence-corrected chi connectivity index (χ2v) is 12.6. The fraction of sp³-hybridized carbons (Fsp3) is 0.483. The Hall–Kier alpha value is -2.56. The second kappa shape index (κ2) is 11.0. The van der Waals surface area contributed by atoms with E-state index in [4.69, 9.17) is 18.6 Å². The normalized spacial score (nSPS) is 21.4. The van der Waals surface area contributed by atoms with Crippen LogP contribution in [0.2, 0.25) is 0 Å². The van der Waals surface area contributed by atoms with Crippen molar-refractivity contribution in [2.45, 2.75) is 52.6 Å². The lowest BCUT2D eigenvalue weighted by atomic mass is 9.47. The SMILES string of the molecule is CC1(C)COB(B2OCC(C)(C)CO2)OC1.O=Cc1c[nH]c2cc(F)c(-c3ccc(C4(O)CCC4)cc3)c(F)c12. The van der Waals surface area contributed by atoms with Gasteiger partial charge in [-0.2, -0.15) is 0 Å². The number of halogens is 2. The molecule has 2 aliphatic heterocycles. The molecule has 2 saturated heterocycles. The van der Waals surface area contributed by atoms with Crippen molar-refractivity contribution in [2.75, 3.05) is 26.4 Å². The van der Waals surface area contributed by atoms with Crippen LogP contribution in [-0.4, -0.2) is 56.8 Å². The van der Waals surface area contributed by atoms with Gasteiger partial charge in [-0.3, -0.25) is 4.79 Å². The summed E-state index contributed by atoms with van der Waals surface area (Å²) in [5.41, 5.74) is 0.726. The van der Waals surface area contributed by atoms with E-state index in [0.717, 1.165) is 12.0 Å². The van der Waals surface area contributed by atoms with Crippen molar-refractivity contribution < 1.29 is 37.3 Å². The van der Waals surface area contributed by atoms with Gasteiger partial charge >= 0.3 is 14.0 Å². The van der Waals surface area contributed by atoms with Crippen LogP contribution >= 0.6 is 0 Å². The Morgan fingerprint density at radius 2 is 1.43 bits per heavy atom. The number of nitrogens with one attached hydrogen (secondary N) is 1. The highest BCUT2D eigenvalue weighted by Gasteiger charge is 2.47. The summed E-state index contributed by atoms with van der Waals surface area (Å²) in [4.78, 5) is 13.8. The van der Waals surface area contributed by atoms with Crippen molar-refractivity contribution in [3.63, 3.8) is 0 Å². The van der Waals surface area contributed by atoms with E-state index in [2.05, 4.69) is 32.7 Å². The van der Waals surface area contributed by atoms with E-state index in [0.29, 0.717) is 51.1 Å². The van der Waals surface area contributed by atoms with Gasteiger partial charge in [-0.05, 0) is 36.5 Å². The van der Waals surface area contributed by atoms with E-state index in [1.165, 1.54) is 12.3 Å². The zero-order chi connectivity index (χ0) is 28.7. The number of rotatable bonds is 4. The van der Waals surface area contributed by atoms with Crippen LogP contribution in [0.3, 0.4) is 0 Å². The molecule has 0 bridgehead atoms. The molecule has 1 aromatic heterocycles. The van der Waals surface area contributed by atoms with Crippen molar-refractivity contribution in [1.82, 2.24) is 4.98 Å². The molecule has 6 rings (SSSR count). The van der Waals surface area contributed by atoms with Crippen LogP contribution in [0.15, 0.2) is 36.5 Å². The molecule has 7 nitrogen and oxygen atoms in total. The Kier molecular flexibility index (Phi) is 7.98. The quantitative estimate of drug-likeness (QED) is 0.329. The van der Waals surface area contributed by atoms with Gasteiger partial charge in [0.1, 0.15) is 11.6 Å². The Labute approximate surface area is 233 Å². The van der Waals surface area contributed by atoms with Gasteiger partial charge in [0.15, 0.2) is 6.29 Å². The van der Waals surface area contributed by atoms with Crippen LogP contribution < -0.4 is 0 Å². The molecule has 0 spiro atoms. The molecule has 0 atom stereocenters. The van der Waals surface area contributed by atoms with Crippen molar-refractivity contribution >= 4 is 31.2 Å². The van der Waals surface area contributed by atoms with E-state index in [1.807, 2.05) is 0 Å². The van der Waals surface area contributed by atoms with E-state index in [1.54, 1.807) is 24.3 Å². The Balaban J connectivity index is 0.000000176. The van der Waals surface area contributed by atoms with Gasteiger partial charge in [-0.15, -0.1) is 0 Å². The maximum atomic E-state index is 14.8. The monoisotopic (exact) mass is 553 g/mol. The predicted octanol–water partition coefficient (Wildman–Crippen LogP) is 5.48. The Bertz CT molecular complexity index is 1330. The molecule has 212 valence electrons. The molecule has 3 aromatic rings. The molecule has 3 aliphatic rings. The molecule has 0 amide bonds. The molecule has 11 heteroatoms. The lowest BCUT2D eigenvalue weighted by Gasteiger charge is -2.38. The lowest BCUT2D eigenvalue weighted by molar-refractivity contribution is -0.0387. The third-order valence-electron chi connectivity index (χ3n) is 7.68. The average Bonchev–Trinajstić information content (AvgIpc) is 3.31. The molecule has 1 aliphatic carbocycles. The molecule has 2 N–H and O–H groups in total. The number of hydrogen-bond acceptors (Lipinski definition) is 6. The fourth-order valence-corrected chi connectivity index (χ4v) is 5.07. The number of aromatic amines is 1. The highest BCUT2D eigenvalue weighted by Crippen LogP contribution is 2.42. The molecule has 0 unspecified atom stereocenters. The lowest BCUT2D eigenvalue weighted by Crippen LogP contribution is -2.56. The number of aromatic nitrogens is 1. The molecule has 1 saturated carbocycles. The van der Waals surface area contributed by atoms with E-state index < -0.39 is 17.2 Å². The van der Waals surface area contributed by atoms with Crippen molar-refractivity contribution in [2.24, 2.45) is 10.8 Å². The van der Waals surface area contributed by atoms with Gasteiger partial charge in [0.05, 0.1) is 16.7 Å². The highest BCUT2D eigenvalue weighted by molar-refractivity contribution is 7.10. The van der Waals surface area contributed by atoms with Gasteiger partial charge in [0.2, 0.25) is 0 Å². The number of H-pyrrole nitrogens is 1. The number of benzene rings is 2. The molecular formula is C29H35B2F2NO6. The van der Waals surface area contributed by atoms with Gasteiger partial charge in [0, 0.05) is 54.4 Å². The van der Waals surface area contributed by atoms with Crippen molar-refractivity contribution in [1.29, 1.82) is 0 Å². The van der Waals surface area contributed by atoms with Gasteiger partial charge in [-0.25, -0.2) is 8.78 Å².